The van der Waals surface area contributed by atoms with Crippen LogP contribution in [0, 0.1) is 13.8 Å². The number of rotatable bonds is 8. The molecule has 0 saturated heterocycles. The van der Waals surface area contributed by atoms with E-state index in [0.29, 0.717) is 11.1 Å². The van der Waals surface area contributed by atoms with Crippen LogP contribution in [0.5, 0.6) is 0 Å². The maximum atomic E-state index is 12.9. The topological polar surface area (TPSA) is 112 Å². The zero-order valence-electron chi connectivity index (χ0n) is 15.4. The third kappa shape index (κ3) is 4.36. The minimum atomic E-state index is -2.91. The highest BCUT2D eigenvalue weighted by Crippen LogP contribution is 2.29. The molecule has 0 aliphatic rings. The summed E-state index contributed by atoms with van der Waals surface area (Å²) in [6, 6.07) is 12.7. The van der Waals surface area contributed by atoms with Crippen LogP contribution in [0.2, 0.25) is 0 Å². The first-order chi connectivity index (χ1) is 13.1. The molecular formula is C21H21ClO6. The van der Waals surface area contributed by atoms with Crippen LogP contribution in [0.3, 0.4) is 0 Å². The predicted molar refractivity (Wildman–Crippen MR) is 103 cm³/mol. The summed E-state index contributed by atoms with van der Waals surface area (Å²) in [7, 11) is 0. The van der Waals surface area contributed by atoms with E-state index in [1.807, 2.05) is 0 Å². The van der Waals surface area contributed by atoms with Crippen molar-refractivity contribution in [3.63, 3.8) is 0 Å². The lowest BCUT2D eigenvalue weighted by atomic mass is 9.80. The van der Waals surface area contributed by atoms with Crippen molar-refractivity contribution in [1.29, 1.82) is 0 Å². The van der Waals surface area contributed by atoms with E-state index in [0.717, 1.165) is 0 Å². The third-order valence-corrected chi connectivity index (χ3v) is 4.78. The van der Waals surface area contributed by atoms with E-state index in [-0.39, 0.29) is 11.1 Å². The Labute approximate surface area is 167 Å². The normalized spacial score (nSPS) is 15.4. The second kappa shape index (κ2) is 8.75. The van der Waals surface area contributed by atoms with Gasteiger partial charge in [0.25, 0.3) is 0 Å². The Morgan fingerprint density at radius 2 is 1.50 bits per heavy atom. The van der Waals surface area contributed by atoms with Crippen LogP contribution in [-0.4, -0.2) is 43.8 Å². The van der Waals surface area contributed by atoms with Crippen LogP contribution in [-0.2, 0) is 9.59 Å². The first-order valence-electron chi connectivity index (χ1n) is 8.56. The number of Topliss-reactive ketones (excluding diaryl/α,β-unsaturated/α-hetero) is 2. The van der Waals surface area contributed by atoms with Crippen molar-refractivity contribution in [2.75, 3.05) is 0 Å². The van der Waals surface area contributed by atoms with Gasteiger partial charge < -0.3 is 15.3 Å². The molecule has 2 aromatic rings. The molecule has 0 fully saturated rings. The molecule has 0 spiro atoms. The van der Waals surface area contributed by atoms with Crippen molar-refractivity contribution in [3.05, 3.63) is 70.8 Å². The van der Waals surface area contributed by atoms with Gasteiger partial charge in [-0.1, -0.05) is 48.5 Å². The molecule has 0 saturated carbocycles. The summed E-state index contributed by atoms with van der Waals surface area (Å²) >= 11 is 5.36. The molecule has 0 aliphatic heterocycles. The summed E-state index contributed by atoms with van der Waals surface area (Å²) in [6.45, 7) is 3.27. The Morgan fingerprint density at radius 1 is 0.964 bits per heavy atom. The highest BCUT2D eigenvalue weighted by Gasteiger charge is 2.50. The number of carbonyl (C=O) groups is 3. The fourth-order valence-corrected chi connectivity index (χ4v) is 3.20. The average Bonchev–Trinajstić information content (AvgIpc) is 2.65. The lowest BCUT2D eigenvalue weighted by Crippen LogP contribution is -2.53. The molecule has 2 rings (SSSR count). The lowest BCUT2D eigenvalue weighted by molar-refractivity contribution is -0.149. The van der Waals surface area contributed by atoms with Gasteiger partial charge in [0, 0.05) is 5.56 Å². The number of hydrogen-bond donors (Lipinski definition) is 3. The van der Waals surface area contributed by atoms with Crippen LogP contribution in [0.1, 0.15) is 39.6 Å². The van der Waals surface area contributed by atoms with Crippen molar-refractivity contribution >= 4 is 28.4 Å². The van der Waals surface area contributed by atoms with E-state index >= 15 is 0 Å². The molecule has 0 heterocycles. The highest BCUT2D eigenvalue weighted by atomic mass is 35.5. The minimum absolute atomic E-state index is 0.00819. The smallest absolute Gasteiger partial charge is 0.225 e. The number of ketones is 2. The second-order valence-electron chi connectivity index (χ2n) is 6.65. The summed E-state index contributed by atoms with van der Waals surface area (Å²) in [5.74, 6) is -2.47. The summed E-state index contributed by atoms with van der Waals surface area (Å²) in [6.07, 6.45) is -4.87. The maximum Gasteiger partial charge on any atom is 0.225 e. The van der Waals surface area contributed by atoms with Crippen LogP contribution in [0.4, 0.5) is 0 Å². The molecule has 148 valence electrons. The average molecular weight is 405 g/mol. The van der Waals surface area contributed by atoms with Gasteiger partial charge in [-0.3, -0.25) is 14.4 Å². The molecule has 0 bridgehead atoms. The summed E-state index contributed by atoms with van der Waals surface area (Å²) < 4.78 is 0. The van der Waals surface area contributed by atoms with Gasteiger partial charge in [0.15, 0.2) is 5.60 Å². The van der Waals surface area contributed by atoms with Gasteiger partial charge in [-0.25, -0.2) is 0 Å². The Bertz CT molecular complexity index is 909. The molecule has 2 unspecified atom stereocenters. The number of aryl methyl sites for hydroxylation is 2. The van der Waals surface area contributed by atoms with Crippen molar-refractivity contribution in [2.45, 2.75) is 38.1 Å². The van der Waals surface area contributed by atoms with Crippen molar-refractivity contribution in [3.8, 4) is 0 Å². The Hall–Kier alpha value is -2.38. The van der Waals surface area contributed by atoms with Gasteiger partial charge in [0.05, 0.1) is 6.42 Å². The van der Waals surface area contributed by atoms with Gasteiger partial charge in [-0.05, 0) is 42.1 Å². The summed E-state index contributed by atoms with van der Waals surface area (Å²) in [5, 5.41) is 30.6. The van der Waals surface area contributed by atoms with Crippen LogP contribution in [0.25, 0.3) is 0 Å². The number of aliphatic hydroxyl groups excluding tert-OH is 2. The standard InChI is InChI=1S/C21H21ClO6/c1-12-7-3-5-9-14(12)17(24)18(25)20(27)21(28,11-16(22)23)19(26)15-10-6-4-8-13(15)2/h3-10,17-18,24-25,28H,11H2,1-2H3/t17?,18?,21-/m1/s1. The van der Waals surface area contributed by atoms with Gasteiger partial charge >= 0.3 is 0 Å². The Morgan fingerprint density at radius 3 is 2.04 bits per heavy atom. The van der Waals surface area contributed by atoms with Gasteiger partial charge in [-0.15, -0.1) is 0 Å². The Kier molecular flexibility index (Phi) is 6.85. The molecule has 0 amide bonds. The zero-order chi connectivity index (χ0) is 21.1. The van der Waals surface area contributed by atoms with Crippen molar-refractivity contribution < 1.29 is 29.7 Å². The molecule has 0 aromatic heterocycles. The molecule has 0 aliphatic carbocycles. The quantitative estimate of drug-likeness (QED) is 0.352. The van der Waals surface area contributed by atoms with Crippen molar-refractivity contribution in [2.24, 2.45) is 0 Å². The van der Waals surface area contributed by atoms with Gasteiger partial charge in [0.2, 0.25) is 16.8 Å². The maximum absolute atomic E-state index is 12.9. The summed E-state index contributed by atoms with van der Waals surface area (Å²) in [5.41, 5.74) is -1.58. The molecule has 2 aromatic carbocycles. The van der Waals surface area contributed by atoms with E-state index in [2.05, 4.69) is 0 Å². The first-order valence-corrected chi connectivity index (χ1v) is 8.94. The fraction of sp³-hybridized carbons (Fsp3) is 0.286. The minimum Gasteiger partial charge on any atom is -0.385 e. The van der Waals surface area contributed by atoms with Crippen LogP contribution < -0.4 is 0 Å². The number of aliphatic hydroxyl groups is 3. The summed E-state index contributed by atoms with van der Waals surface area (Å²) in [4.78, 5) is 37.2. The van der Waals surface area contributed by atoms with E-state index in [1.54, 1.807) is 44.2 Å². The van der Waals surface area contributed by atoms with E-state index in [1.165, 1.54) is 18.2 Å². The molecule has 3 atom stereocenters. The van der Waals surface area contributed by atoms with Gasteiger partial charge in [0.1, 0.15) is 12.2 Å². The van der Waals surface area contributed by atoms with E-state index < -0.39 is 41.0 Å². The number of benzene rings is 2. The zero-order valence-corrected chi connectivity index (χ0v) is 16.2. The predicted octanol–water partition coefficient (Wildman–Crippen LogP) is 2.04. The van der Waals surface area contributed by atoms with Crippen LogP contribution >= 0.6 is 11.6 Å². The highest BCUT2D eigenvalue weighted by molar-refractivity contribution is 6.64. The largest absolute Gasteiger partial charge is 0.385 e. The number of carbonyl (C=O) groups excluding carboxylic acids is 3. The number of hydrogen-bond acceptors (Lipinski definition) is 6. The SMILES string of the molecule is Cc1ccccc1C(=O)[C@](O)(CC(=O)Cl)C(=O)C(O)C(O)c1ccccc1C. The molecule has 6 nitrogen and oxygen atoms in total. The van der Waals surface area contributed by atoms with Gasteiger partial charge in [-0.2, -0.15) is 0 Å². The first kappa shape index (κ1) is 21.9. The van der Waals surface area contributed by atoms with Crippen molar-refractivity contribution in [1.82, 2.24) is 0 Å². The molecule has 3 N–H and O–H groups in total. The third-order valence-electron chi connectivity index (χ3n) is 4.64. The van der Waals surface area contributed by atoms with E-state index in [4.69, 9.17) is 11.6 Å². The monoisotopic (exact) mass is 404 g/mol. The van der Waals surface area contributed by atoms with E-state index in [9.17, 15) is 29.7 Å². The Balaban J connectivity index is 2.45. The molecule has 7 heteroatoms. The number of halogens is 1. The molecule has 0 radical (unpaired) electrons. The lowest BCUT2D eigenvalue weighted by Gasteiger charge is -2.29. The molecule has 28 heavy (non-hydrogen) atoms. The second-order valence-corrected chi connectivity index (χ2v) is 7.07. The fourth-order valence-electron chi connectivity index (χ4n) is 3.01. The van der Waals surface area contributed by atoms with Crippen LogP contribution in [0.15, 0.2) is 48.5 Å². The molecular weight excluding hydrogens is 384 g/mol.